The molecule has 0 amide bonds. The lowest BCUT2D eigenvalue weighted by Gasteiger charge is -2.32. The van der Waals surface area contributed by atoms with E-state index >= 15 is 0 Å². The molecule has 0 fully saturated rings. The van der Waals surface area contributed by atoms with Gasteiger partial charge in [0.25, 0.3) is 0 Å². The minimum Gasteiger partial charge on any atom is -0.481 e. The third-order valence-corrected chi connectivity index (χ3v) is 3.79. The average Bonchev–Trinajstić information content (AvgIpc) is 2.31. The van der Waals surface area contributed by atoms with Gasteiger partial charge in [-0.15, -0.1) is 0 Å². The number of aliphatic carboxylic acids is 1. The maximum Gasteiger partial charge on any atom is 0.304 e. The minimum absolute atomic E-state index is 0.197. The van der Waals surface area contributed by atoms with E-state index in [0.717, 1.165) is 10.9 Å². The lowest BCUT2D eigenvalue weighted by Crippen LogP contribution is -2.41. The smallest absolute Gasteiger partial charge is 0.304 e. The Balaban J connectivity index is 2.63. The maximum absolute atomic E-state index is 10.7. The quantitative estimate of drug-likeness (QED) is 0.832. The van der Waals surface area contributed by atoms with Crippen LogP contribution in [0.4, 0.5) is 0 Å². The summed E-state index contributed by atoms with van der Waals surface area (Å²) in [6, 6.07) is 8.98. The Morgan fingerprint density at radius 1 is 1.26 bits per heavy atom. The highest BCUT2D eigenvalue weighted by Crippen LogP contribution is 2.15. The molecule has 19 heavy (non-hydrogen) atoms. The molecule has 0 heterocycles. The molecule has 1 unspecified atom stereocenters. The molecule has 0 saturated carbocycles. The van der Waals surface area contributed by atoms with Gasteiger partial charge in [0.15, 0.2) is 0 Å². The van der Waals surface area contributed by atoms with Crippen molar-refractivity contribution in [2.24, 2.45) is 0 Å². The van der Waals surface area contributed by atoms with E-state index in [4.69, 9.17) is 5.11 Å². The number of carboxylic acid groups (broad SMARTS) is 1. The Kier molecular flexibility index (Phi) is 6.52. The van der Waals surface area contributed by atoms with Crippen LogP contribution in [0.5, 0.6) is 0 Å². The van der Waals surface area contributed by atoms with E-state index in [0.29, 0.717) is 18.6 Å². The van der Waals surface area contributed by atoms with Crippen LogP contribution in [0.1, 0.15) is 32.8 Å². The molecule has 0 spiro atoms. The SMILES string of the molecule is CC(C)N(CCC(=O)O)C(C)Cc1ccc(Br)cc1. The summed E-state index contributed by atoms with van der Waals surface area (Å²) in [5.74, 6) is -0.735. The average molecular weight is 328 g/mol. The number of rotatable bonds is 7. The predicted octanol–water partition coefficient (Wildman–Crippen LogP) is 3.57. The number of carboxylic acids is 1. The summed E-state index contributed by atoms with van der Waals surface area (Å²) in [4.78, 5) is 13.0. The second kappa shape index (κ2) is 7.65. The Labute approximate surface area is 123 Å². The molecule has 106 valence electrons. The van der Waals surface area contributed by atoms with Gasteiger partial charge in [-0.3, -0.25) is 9.69 Å². The van der Waals surface area contributed by atoms with Crippen LogP contribution in [0, 0.1) is 0 Å². The fourth-order valence-electron chi connectivity index (χ4n) is 2.29. The molecule has 0 aliphatic rings. The molecule has 1 N–H and O–H groups in total. The Morgan fingerprint density at radius 2 is 1.84 bits per heavy atom. The van der Waals surface area contributed by atoms with Crippen LogP contribution in [0.2, 0.25) is 0 Å². The highest BCUT2D eigenvalue weighted by atomic mass is 79.9. The lowest BCUT2D eigenvalue weighted by atomic mass is 10.0. The molecule has 1 aromatic rings. The Bertz CT molecular complexity index is 403. The molecule has 4 heteroatoms. The van der Waals surface area contributed by atoms with Crippen molar-refractivity contribution >= 4 is 21.9 Å². The van der Waals surface area contributed by atoms with Crippen molar-refractivity contribution in [3.05, 3.63) is 34.3 Å². The zero-order chi connectivity index (χ0) is 14.4. The minimum atomic E-state index is -0.735. The van der Waals surface area contributed by atoms with E-state index < -0.39 is 5.97 Å². The molecular formula is C15H22BrNO2. The fraction of sp³-hybridized carbons (Fsp3) is 0.533. The zero-order valence-corrected chi connectivity index (χ0v) is 13.4. The molecular weight excluding hydrogens is 306 g/mol. The summed E-state index contributed by atoms with van der Waals surface area (Å²) < 4.78 is 1.08. The highest BCUT2D eigenvalue weighted by Gasteiger charge is 2.18. The van der Waals surface area contributed by atoms with E-state index in [-0.39, 0.29) is 6.42 Å². The number of halogens is 1. The lowest BCUT2D eigenvalue weighted by molar-refractivity contribution is -0.137. The summed E-state index contributed by atoms with van der Waals surface area (Å²) in [5, 5.41) is 8.81. The molecule has 1 aromatic carbocycles. The molecule has 0 aliphatic carbocycles. The van der Waals surface area contributed by atoms with Crippen LogP contribution in [0.3, 0.4) is 0 Å². The van der Waals surface area contributed by atoms with E-state index in [1.165, 1.54) is 5.56 Å². The van der Waals surface area contributed by atoms with Crippen LogP contribution in [0.25, 0.3) is 0 Å². The van der Waals surface area contributed by atoms with Gasteiger partial charge >= 0.3 is 5.97 Å². The number of hydrogen-bond donors (Lipinski definition) is 1. The summed E-state index contributed by atoms with van der Waals surface area (Å²) in [7, 11) is 0. The topological polar surface area (TPSA) is 40.5 Å². The molecule has 1 atom stereocenters. The van der Waals surface area contributed by atoms with Gasteiger partial charge in [-0.25, -0.2) is 0 Å². The van der Waals surface area contributed by atoms with Crippen molar-refractivity contribution in [1.82, 2.24) is 4.90 Å². The van der Waals surface area contributed by atoms with E-state index in [1.807, 2.05) is 12.1 Å². The highest BCUT2D eigenvalue weighted by molar-refractivity contribution is 9.10. The van der Waals surface area contributed by atoms with Crippen molar-refractivity contribution in [1.29, 1.82) is 0 Å². The van der Waals surface area contributed by atoms with Crippen molar-refractivity contribution in [2.45, 2.75) is 45.7 Å². The number of carbonyl (C=O) groups is 1. The van der Waals surface area contributed by atoms with Gasteiger partial charge < -0.3 is 5.11 Å². The van der Waals surface area contributed by atoms with Crippen LogP contribution >= 0.6 is 15.9 Å². The summed E-state index contributed by atoms with van der Waals surface area (Å²) in [6.45, 7) is 6.98. The summed E-state index contributed by atoms with van der Waals surface area (Å²) in [6.07, 6.45) is 1.13. The first-order valence-corrected chi connectivity index (χ1v) is 7.41. The largest absolute Gasteiger partial charge is 0.481 e. The van der Waals surface area contributed by atoms with E-state index in [2.05, 4.69) is 53.7 Å². The first kappa shape index (κ1) is 16.2. The molecule has 0 radical (unpaired) electrons. The third-order valence-electron chi connectivity index (χ3n) is 3.26. The number of benzene rings is 1. The molecule has 0 saturated heterocycles. The molecule has 0 aliphatic heterocycles. The van der Waals surface area contributed by atoms with Gasteiger partial charge in [-0.2, -0.15) is 0 Å². The summed E-state index contributed by atoms with van der Waals surface area (Å²) in [5.41, 5.74) is 1.27. The first-order valence-electron chi connectivity index (χ1n) is 6.62. The van der Waals surface area contributed by atoms with E-state index in [1.54, 1.807) is 0 Å². The van der Waals surface area contributed by atoms with Crippen molar-refractivity contribution < 1.29 is 9.90 Å². The maximum atomic E-state index is 10.7. The molecule has 3 nitrogen and oxygen atoms in total. The van der Waals surface area contributed by atoms with Gasteiger partial charge in [0.2, 0.25) is 0 Å². The Hall–Kier alpha value is -0.870. The number of nitrogens with zero attached hydrogens (tertiary/aromatic N) is 1. The third kappa shape index (κ3) is 5.74. The second-order valence-corrected chi connectivity index (χ2v) is 6.07. The van der Waals surface area contributed by atoms with Crippen LogP contribution in [-0.4, -0.2) is 34.6 Å². The standard InChI is InChI=1S/C15H22BrNO2/c1-11(2)17(9-8-15(18)19)12(3)10-13-4-6-14(16)7-5-13/h4-7,11-12H,8-10H2,1-3H3,(H,18,19). The van der Waals surface area contributed by atoms with Crippen LogP contribution in [-0.2, 0) is 11.2 Å². The normalized spacial score (nSPS) is 12.9. The van der Waals surface area contributed by atoms with Gasteiger partial charge in [0.05, 0.1) is 6.42 Å². The number of hydrogen-bond acceptors (Lipinski definition) is 2. The molecule has 0 aromatic heterocycles. The molecule has 1 rings (SSSR count). The van der Waals surface area contributed by atoms with Gasteiger partial charge in [-0.1, -0.05) is 28.1 Å². The van der Waals surface area contributed by atoms with Crippen molar-refractivity contribution in [3.8, 4) is 0 Å². The van der Waals surface area contributed by atoms with Crippen molar-refractivity contribution in [3.63, 3.8) is 0 Å². The fourth-order valence-corrected chi connectivity index (χ4v) is 2.56. The van der Waals surface area contributed by atoms with Gasteiger partial charge in [0.1, 0.15) is 0 Å². The Morgan fingerprint density at radius 3 is 2.32 bits per heavy atom. The van der Waals surface area contributed by atoms with Crippen LogP contribution in [0.15, 0.2) is 28.7 Å². The second-order valence-electron chi connectivity index (χ2n) is 5.15. The predicted molar refractivity (Wildman–Crippen MR) is 81.4 cm³/mol. The van der Waals surface area contributed by atoms with Gasteiger partial charge in [0, 0.05) is 23.1 Å². The van der Waals surface area contributed by atoms with Crippen molar-refractivity contribution in [2.75, 3.05) is 6.54 Å². The molecule has 0 bridgehead atoms. The first-order chi connectivity index (χ1) is 8.90. The summed E-state index contributed by atoms with van der Waals surface area (Å²) >= 11 is 3.43. The van der Waals surface area contributed by atoms with E-state index in [9.17, 15) is 4.79 Å². The van der Waals surface area contributed by atoms with Crippen LogP contribution < -0.4 is 0 Å². The monoisotopic (exact) mass is 327 g/mol. The van der Waals surface area contributed by atoms with Gasteiger partial charge in [-0.05, 0) is 44.9 Å². The zero-order valence-electron chi connectivity index (χ0n) is 11.8.